The van der Waals surface area contributed by atoms with Gasteiger partial charge in [-0.25, -0.2) is 0 Å². The number of hydrogen-bond acceptors (Lipinski definition) is 5. The van der Waals surface area contributed by atoms with E-state index in [1.54, 1.807) is 66.7 Å². The van der Waals surface area contributed by atoms with E-state index in [9.17, 15) is 18.5 Å². The first-order valence-electron chi connectivity index (χ1n) is 8.31. The van der Waals surface area contributed by atoms with Crippen LogP contribution in [0.2, 0.25) is 0 Å². The summed E-state index contributed by atoms with van der Waals surface area (Å²) in [5, 5.41) is 9.42. The van der Waals surface area contributed by atoms with Gasteiger partial charge in [-0.1, -0.05) is 66.7 Å². The van der Waals surface area contributed by atoms with Gasteiger partial charge in [0.1, 0.15) is 22.3 Å². The van der Waals surface area contributed by atoms with Crippen molar-refractivity contribution < 1.29 is 17.4 Å². The van der Waals surface area contributed by atoms with Gasteiger partial charge in [0.05, 0.1) is 0 Å². The Balaban J connectivity index is 1.97. The molecule has 0 saturated heterocycles. The molecule has 0 aliphatic carbocycles. The van der Waals surface area contributed by atoms with Crippen molar-refractivity contribution >= 4 is 22.0 Å². The zero-order chi connectivity index (χ0) is 20.0. The molecule has 0 aromatic heterocycles. The Hall–Kier alpha value is -3.69. The molecular weight excluding hydrogens is 374 g/mol. The summed E-state index contributed by atoms with van der Waals surface area (Å²) in [5.41, 5.74) is 0.549. The van der Waals surface area contributed by atoms with Crippen LogP contribution in [-0.4, -0.2) is 14.2 Å². The van der Waals surface area contributed by atoms with E-state index in [0.717, 1.165) is 0 Å². The third-order valence-corrected chi connectivity index (χ3v) is 5.10. The van der Waals surface area contributed by atoms with Crippen LogP contribution in [0.3, 0.4) is 0 Å². The summed E-state index contributed by atoms with van der Waals surface area (Å²) < 4.78 is 30.2. The topological polar surface area (TPSA) is 84.2 Å². The second kappa shape index (κ2) is 8.33. The second-order valence-corrected chi connectivity index (χ2v) is 7.30. The smallest absolute Gasteiger partial charge is 0.339 e. The summed E-state index contributed by atoms with van der Waals surface area (Å²) in [6, 6.07) is 24.3. The summed E-state index contributed by atoms with van der Waals surface area (Å²) in [4.78, 5) is 12.6. The van der Waals surface area contributed by atoms with Gasteiger partial charge in [0.2, 0.25) is 5.78 Å². The monoisotopic (exact) mass is 389 g/mol. The van der Waals surface area contributed by atoms with Crippen molar-refractivity contribution in [1.29, 1.82) is 5.26 Å². The molecule has 0 radical (unpaired) electrons. The van der Waals surface area contributed by atoms with E-state index in [-0.39, 0.29) is 16.2 Å². The first-order valence-corrected chi connectivity index (χ1v) is 9.72. The Labute approximate surface area is 163 Å². The van der Waals surface area contributed by atoms with Crippen LogP contribution in [0, 0.1) is 11.3 Å². The Kier molecular flexibility index (Phi) is 5.68. The van der Waals surface area contributed by atoms with Crippen molar-refractivity contribution in [2.75, 3.05) is 0 Å². The molecule has 0 heterocycles. The number of hydrogen-bond donors (Lipinski definition) is 0. The van der Waals surface area contributed by atoms with E-state index in [1.165, 1.54) is 24.3 Å². The van der Waals surface area contributed by atoms with Crippen molar-refractivity contribution in [3.8, 4) is 11.8 Å². The van der Waals surface area contributed by atoms with E-state index >= 15 is 0 Å². The lowest BCUT2D eigenvalue weighted by atomic mass is 10.0. The molecular formula is C22H15NO4S. The molecule has 0 atom stereocenters. The van der Waals surface area contributed by atoms with Crippen molar-refractivity contribution in [2.24, 2.45) is 0 Å². The number of Topliss-reactive ketones (excluding diaryl/α,β-unsaturated/α-hetero) is 1. The largest absolute Gasteiger partial charge is 0.378 e. The number of rotatable bonds is 6. The fourth-order valence-corrected chi connectivity index (χ4v) is 3.45. The van der Waals surface area contributed by atoms with Crippen LogP contribution in [-0.2, 0) is 10.1 Å². The first kappa shape index (κ1) is 19.1. The molecule has 138 valence electrons. The van der Waals surface area contributed by atoms with E-state index < -0.39 is 15.9 Å². The predicted molar refractivity (Wildman–Crippen MR) is 105 cm³/mol. The average Bonchev–Trinajstić information content (AvgIpc) is 2.73. The summed E-state index contributed by atoms with van der Waals surface area (Å²) in [6.07, 6.45) is 1.32. The van der Waals surface area contributed by atoms with E-state index in [2.05, 4.69) is 0 Å². The molecule has 5 nitrogen and oxygen atoms in total. The molecule has 3 rings (SSSR count). The number of para-hydroxylation sites is 1. The van der Waals surface area contributed by atoms with Gasteiger partial charge in [-0.15, -0.1) is 0 Å². The third kappa shape index (κ3) is 4.34. The molecule has 0 amide bonds. The number of nitriles is 1. The molecule has 0 N–H and O–H groups in total. The highest BCUT2D eigenvalue weighted by Gasteiger charge is 2.18. The lowest BCUT2D eigenvalue weighted by Crippen LogP contribution is -2.10. The van der Waals surface area contributed by atoms with Crippen molar-refractivity contribution in [3.05, 3.63) is 102 Å². The molecule has 0 spiro atoms. The maximum atomic E-state index is 12.5. The van der Waals surface area contributed by atoms with Crippen molar-refractivity contribution in [2.45, 2.75) is 4.90 Å². The van der Waals surface area contributed by atoms with Crippen molar-refractivity contribution in [3.63, 3.8) is 0 Å². The number of benzene rings is 3. The number of carbonyl (C=O) groups excluding carboxylic acids is 1. The fourth-order valence-electron chi connectivity index (χ4n) is 2.48. The van der Waals surface area contributed by atoms with Gasteiger partial charge in [-0.05, 0) is 24.3 Å². The molecule has 3 aromatic carbocycles. The average molecular weight is 389 g/mol. The highest BCUT2D eigenvalue weighted by atomic mass is 32.2. The van der Waals surface area contributed by atoms with Crippen molar-refractivity contribution in [1.82, 2.24) is 0 Å². The minimum absolute atomic E-state index is 0.00894. The molecule has 0 unspecified atom stereocenters. The lowest BCUT2D eigenvalue weighted by Gasteiger charge is -2.10. The molecule has 0 aliphatic rings. The fraction of sp³-hybridized carbons (Fsp3) is 0. The molecule has 3 aromatic rings. The van der Waals surface area contributed by atoms with Gasteiger partial charge < -0.3 is 4.18 Å². The molecule has 6 heteroatoms. The van der Waals surface area contributed by atoms with E-state index in [4.69, 9.17) is 4.18 Å². The predicted octanol–water partition coefficient (Wildman–Crippen LogP) is 4.24. The molecule has 0 saturated carbocycles. The SMILES string of the molecule is N#C/C(=C\c1ccccc1OS(=O)(=O)c1ccccc1)C(=O)c1ccccc1. The van der Waals surface area contributed by atoms with Gasteiger partial charge >= 0.3 is 10.1 Å². The first-order chi connectivity index (χ1) is 13.5. The van der Waals surface area contributed by atoms with Crippen LogP contribution in [0.25, 0.3) is 6.08 Å². The van der Waals surface area contributed by atoms with E-state index in [1.807, 2.05) is 6.07 Å². The minimum Gasteiger partial charge on any atom is -0.378 e. The number of allylic oxidation sites excluding steroid dienone is 1. The van der Waals surface area contributed by atoms with Crippen LogP contribution in [0.5, 0.6) is 5.75 Å². The summed E-state index contributed by atoms with van der Waals surface area (Å²) in [6.45, 7) is 0. The zero-order valence-electron chi connectivity index (χ0n) is 14.6. The number of carbonyl (C=O) groups is 1. The van der Waals surface area contributed by atoms with Crippen LogP contribution in [0.4, 0.5) is 0 Å². The summed E-state index contributed by atoms with van der Waals surface area (Å²) >= 11 is 0. The molecule has 28 heavy (non-hydrogen) atoms. The Bertz CT molecular complexity index is 1160. The summed E-state index contributed by atoms with van der Waals surface area (Å²) in [5.74, 6) is -0.427. The van der Waals surface area contributed by atoms with Gasteiger partial charge in [0, 0.05) is 11.1 Å². The molecule has 0 fully saturated rings. The van der Waals surface area contributed by atoms with Crippen LogP contribution >= 0.6 is 0 Å². The van der Waals surface area contributed by atoms with Gasteiger partial charge in [-0.2, -0.15) is 13.7 Å². The Morgan fingerprint density at radius 3 is 2.07 bits per heavy atom. The normalized spacial score (nSPS) is 11.5. The molecule has 0 aliphatic heterocycles. The summed E-state index contributed by atoms with van der Waals surface area (Å²) in [7, 11) is -4.05. The quantitative estimate of drug-likeness (QED) is 0.272. The third-order valence-electron chi connectivity index (χ3n) is 3.85. The maximum Gasteiger partial charge on any atom is 0.339 e. The zero-order valence-corrected chi connectivity index (χ0v) is 15.5. The Morgan fingerprint density at radius 1 is 0.857 bits per heavy atom. The number of nitrogens with zero attached hydrogens (tertiary/aromatic N) is 1. The van der Waals surface area contributed by atoms with Crippen LogP contribution in [0.15, 0.2) is 95.4 Å². The van der Waals surface area contributed by atoms with Gasteiger partial charge in [-0.3, -0.25) is 4.79 Å². The highest BCUT2D eigenvalue weighted by molar-refractivity contribution is 7.87. The van der Waals surface area contributed by atoms with Crippen LogP contribution < -0.4 is 4.18 Å². The Morgan fingerprint density at radius 2 is 1.43 bits per heavy atom. The maximum absolute atomic E-state index is 12.5. The van der Waals surface area contributed by atoms with Crippen LogP contribution in [0.1, 0.15) is 15.9 Å². The van der Waals surface area contributed by atoms with E-state index in [0.29, 0.717) is 11.1 Å². The standard InChI is InChI=1S/C22H15NO4S/c23-16-19(22(24)17-9-3-1-4-10-17)15-18-11-7-8-14-21(18)27-28(25,26)20-12-5-2-6-13-20/h1-15H/b19-15+. The van der Waals surface area contributed by atoms with Gasteiger partial charge in [0.25, 0.3) is 0 Å². The minimum atomic E-state index is -4.05. The number of ketones is 1. The molecule has 0 bridgehead atoms. The second-order valence-electron chi connectivity index (χ2n) is 5.75. The highest BCUT2D eigenvalue weighted by Crippen LogP contribution is 2.25. The van der Waals surface area contributed by atoms with Gasteiger partial charge in [0.15, 0.2) is 0 Å². The lowest BCUT2D eigenvalue weighted by molar-refractivity contribution is 0.104.